The standard InChI is InChI=1S/C35H40FN6O3/c1-35(2,3)45-34(43)42-16-6-8-29(42)33-38-20-27(40-33)24-11-9-22(18-25(24)36)31-19-23-17-21(10-12-30(23)44-31)26-13-14-37-32(39-26)28-7-5-15-41(28)4/h9-12,17-20,26,28-29H,4-8,13-16H2,1-3H3,(H,37,39)(H,38,40)/q+1. The lowest BCUT2D eigenvalue weighted by molar-refractivity contribution is -0.518. The van der Waals surface area contributed by atoms with Crippen molar-refractivity contribution in [2.75, 3.05) is 19.6 Å². The first-order valence-corrected chi connectivity index (χ1v) is 15.9. The SMILES string of the molecule is C=[N+]1CCCC1C1=NCCC(c2ccc3oc(-c4ccc(-c5cnc(C6CCCN6C(=O)OC(C)(C)C)[nH]5)c(F)c4)cc3c2)N1. The first-order valence-electron chi connectivity index (χ1n) is 15.9. The number of amidine groups is 1. The fraction of sp³-hybridized carbons (Fsp3) is 0.429. The minimum Gasteiger partial charge on any atom is -0.456 e. The number of hydrogen-bond donors (Lipinski definition) is 2. The summed E-state index contributed by atoms with van der Waals surface area (Å²) in [6, 6.07) is 13.5. The Kier molecular flexibility index (Phi) is 7.46. The molecule has 2 fully saturated rings. The van der Waals surface area contributed by atoms with E-state index in [0.29, 0.717) is 35.0 Å². The molecule has 0 radical (unpaired) electrons. The van der Waals surface area contributed by atoms with Crippen molar-refractivity contribution in [2.45, 2.75) is 76.6 Å². The molecule has 2 aromatic carbocycles. The number of rotatable bonds is 5. The van der Waals surface area contributed by atoms with Crippen molar-refractivity contribution in [2.24, 2.45) is 4.99 Å². The monoisotopic (exact) mass is 611 g/mol. The van der Waals surface area contributed by atoms with E-state index in [1.54, 1.807) is 17.2 Å². The number of imidazole rings is 1. The van der Waals surface area contributed by atoms with Crippen LogP contribution in [-0.4, -0.2) is 69.4 Å². The van der Waals surface area contributed by atoms with Crippen molar-refractivity contribution in [3.05, 3.63) is 65.9 Å². The molecular weight excluding hydrogens is 571 g/mol. The highest BCUT2D eigenvalue weighted by molar-refractivity contribution is 5.88. The third-order valence-electron chi connectivity index (χ3n) is 8.98. The molecule has 9 nitrogen and oxygen atoms in total. The van der Waals surface area contributed by atoms with Crippen LogP contribution in [0.15, 0.2) is 58.1 Å². The number of hydrogen-bond acceptors (Lipinski definition) is 6. The zero-order chi connectivity index (χ0) is 31.3. The van der Waals surface area contributed by atoms with Crippen LogP contribution in [0.4, 0.5) is 9.18 Å². The van der Waals surface area contributed by atoms with Gasteiger partial charge in [-0.2, -0.15) is 0 Å². The summed E-state index contributed by atoms with van der Waals surface area (Å²) in [6.45, 7) is 12.1. The van der Waals surface area contributed by atoms with Crippen LogP contribution >= 0.6 is 0 Å². The Labute approximate surface area is 262 Å². The summed E-state index contributed by atoms with van der Waals surface area (Å²) in [6.07, 6.45) is 6.02. The fourth-order valence-corrected chi connectivity index (χ4v) is 6.74. The predicted molar refractivity (Wildman–Crippen MR) is 172 cm³/mol. The number of fused-ring (bicyclic) bond motifs is 1. The third kappa shape index (κ3) is 5.85. The second-order valence-electron chi connectivity index (χ2n) is 13.3. The maximum absolute atomic E-state index is 15.6. The number of carbonyl (C=O) groups is 1. The normalized spacial score (nSPS) is 22.1. The van der Waals surface area contributed by atoms with Gasteiger partial charge in [-0.05, 0) is 75.9 Å². The Bertz CT molecular complexity index is 1800. The number of aromatic amines is 1. The molecule has 0 aliphatic carbocycles. The molecule has 0 saturated carbocycles. The molecule has 10 heteroatoms. The summed E-state index contributed by atoms with van der Waals surface area (Å²) in [5, 5.41) is 4.64. The number of ether oxygens (including phenoxy) is 1. The van der Waals surface area contributed by atoms with Gasteiger partial charge < -0.3 is 19.5 Å². The zero-order valence-corrected chi connectivity index (χ0v) is 26.1. The quantitative estimate of drug-likeness (QED) is 0.237. The number of benzene rings is 2. The molecule has 5 heterocycles. The van der Waals surface area contributed by atoms with Crippen molar-refractivity contribution in [1.29, 1.82) is 0 Å². The van der Waals surface area contributed by atoms with Crippen molar-refractivity contribution < 1.29 is 22.9 Å². The third-order valence-corrected chi connectivity index (χ3v) is 8.98. The van der Waals surface area contributed by atoms with Gasteiger partial charge in [0.15, 0.2) is 5.84 Å². The van der Waals surface area contributed by atoms with Crippen molar-refractivity contribution in [1.82, 2.24) is 20.2 Å². The number of halogens is 1. The first kappa shape index (κ1) is 29.3. The van der Waals surface area contributed by atoms with Crippen LogP contribution in [-0.2, 0) is 4.74 Å². The largest absolute Gasteiger partial charge is 0.456 e. The molecule has 3 aliphatic heterocycles. The molecule has 3 unspecified atom stereocenters. The summed E-state index contributed by atoms with van der Waals surface area (Å²) >= 11 is 0. The molecule has 234 valence electrons. The van der Waals surface area contributed by atoms with Crippen LogP contribution in [0.1, 0.15) is 76.3 Å². The van der Waals surface area contributed by atoms with Crippen LogP contribution < -0.4 is 5.32 Å². The number of carbonyl (C=O) groups excluding carboxylic acids is 1. The molecule has 2 saturated heterocycles. The van der Waals surface area contributed by atoms with Crippen molar-refractivity contribution in [3.8, 4) is 22.6 Å². The van der Waals surface area contributed by atoms with Crippen LogP contribution in [0.25, 0.3) is 33.6 Å². The Hall–Kier alpha value is -4.47. The minimum absolute atomic E-state index is 0.172. The van der Waals surface area contributed by atoms with Crippen molar-refractivity contribution in [3.63, 3.8) is 0 Å². The van der Waals surface area contributed by atoms with Gasteiger partial charge in [-0.3, -0.25) is 9.89 Å². The fourth-order valence-electron chi connectivity index (χ4n) is 6.74. The summed E-state index contributed by atoms with van der Waals surface area (Å²) in [4.78, 5) is 27.0. The lowest BCUT2D eigenvalue weighted by Crippen LogP contribution is -2.43. The molecule has 4 aromatic rings. The van der Waals surface area contributed by atoms with E-state index in [1.165, 1.54) is 11.6 Å². The molecular formula is C35H40FN6O3+. The van der Waals surface area contributed by atoms with Crippen LogP contribution in [0, 0.1) is 5.82 Å². The molecule has 1 amide bonds. The number of aromatic nitrogens is 2. The highest BCUT2D eigenvalue weighted by atomic mass is 19.1. The summed E-state index contributed by atoms with van der Waals surface area (Å²) in [7, 11) is 0. The lowest BCUT2D eigenvalue weighted by Gasteiger charge is -2.27. The maximum atomic E-state index is 15.6. The average Bonchev–Trinajstić information content (AvgIpc) is 3.82. The highest BCUT2D eigenvalue weighted by Gasteiger charge is 2.36. The maximum Gasteiger partial charge on any atom is 0.410 e. The number of furan rings is 1. The van der Waals surface area contributed by atoms with Crippen LogP contribution in [0.3, 0.4) is 0 Å². The molecule has 3 aliphatic rings. The van der Waals surface area contributed by atoms with Gasteiger partial charge in [0, 0.05) is 42.4 Å². The Morgan fingerprint density at radius 1 is 1.13 bits per heavy atom. The minimum atomic E-state index is -0.582. The van der Waals surface area contributed by atoms with Gasteiger partial charge in [-0.1, -0.05) is 12.1 Å². The topological polar surface area (TPSA) is 98.8 Å². The smallest absolute Gasteiger partial charge is 0.410 e. The molecule has 2 aromatic heterocycles. The second-order valence-corrected chi connectivity index (χ2v) is 13.3. The second kappa shape index (κ2) is 11.5. The van der Waals surface area contributed by atoms with E-state index in [9.17, 15) is 4.79 Å². The van der Waals surface area contributed by atoms with Crippen LogP contribution in [0.5, 0.6) is 0 Å². The molecule has 0 bridgehead atoms. The van der Waals surface area contributed by atoms with Gasteiger partial charge >= 0.3 is 6.09 Å². The van der Waals surface area contributed by atoms with E-state index < -0.39 is 5.60 Å². The van der Waals surface area contributed by atoms with E-state index >= 15 is 4.39 Å². The number of H-pyrrole nitrogens is 1. The highest BCUT2D eigenvalue weighted by Crippen LogP contribution is 2.36. The lowest BCUT2D eigenvalue weighted by atomic mass is 9.99. The summed E-state index contributed by atoms with van der Waals surface area (Å²) in [5.74, 6) is 1.89. The van der Waals surface area contributed by atoms with E-state index in [0.717, 1.165) is 62.0 Å². The average molecular weight is 612 g/mol. The van der Waals surface area contributed by atoms with Gasteiger partial charge in [-0.25, -0.2) is 18.7 Å². The number of aliphatic imine (C=N–C) groups is 1. The van der Waals surface area contributed by atoms with E-state index in [1.807, 2.05) is 39.0 Å². The summed E-state index contributed by atoms with van der Waals surface area (Å²) in [5.41, 5.74) is 2.97. The number of likely N-dealkylation sites (tertiary alicyclic amines) is 1. The molecule has 2 N–H and O–H groups in total. The van der Waals surface area contributed by atoms with E-state index in [4.69, 9.17) is 14.1 Å². The van der Waals surface area contributed by atoms with Gasteiger partial charge in [0.05, 0.1) is 24.0 Å². The van der Waals surface area contributed by atoms with Gasteiger partial charge in [0.25, 0.3) is 0 Å². The Morgan fingerprint density at radius 2 is 2.00 bits per heavy atom. The van der Waals surface area contributed by atoms with E-state index in [-0.39, 0.29) is 30.0 Å². The first-order chi connectivity index (χ1) is 21.6. The number of nitrogens with one attached hydrogen (secondary N) is 2. The van der Waals surface area contributed by atoms with Gasteiger partial charge in [0.1, 0.15) is 41.8 Å². The predicted octanol–water partition coefficient (Wildman–Crippen LogP) is 7.01. The molecule has 45 heavy (non-hydrogen) atoms. The van der Waals surface area contributed by atoms with Gasteiger partial charge in [-0.15, -0.1) is 0 Å². The Morgan fingerprint density at radius 3 is 2.78 bits per heavy atom. The number of nitrogens with zero attached hydrogens (tertiary/aromatic N) is 4. The van der Waals surface area contributed by atoms with Crippen molar-refractivity contribution >= 4 is 29.6 Å². The van der Waals surface area contributed by atoms with E-state index in [2.05, 4.69) is 38.7 Å². The molecule has 3 atom stereocenters. The zero-order valence-electron chi connectivity index (χ0n) is 26.1. The molecule has 7 rings (SSSR count). The summed E-state index contributed by atoms with van der Waals surface area (Å²) < 4.78 is 29.4. The molecule has 0 spiro atoms. The van der Waals surface area contributed by atoms with Gasteiger partial charge in [0.2, 0.25) is 6.04 Å². The van der Waals surface area contributed by atoms with Crippen LogP contribution in [0.2, 0.25) is 0 Å². The number of amides is 1. The Balaban J connectivity index is 1.08.